The Bertz CT molecular complexity index is 736. The molecule has 2 nitrogen and oxygen atoms in total. The predicted molar refractivity (Wildman–Crippen MR) is 86.0 cm³/mol. The van der Waals surface area contributed by atoms with E-state index in [1.807, 2.05) is 12.1 Å². The van der Waals surface area contributed by atoms with E-state index in [2.05, 4.69) is 54.7 Å². The molecule has 3 rings (SSSR count). The Morgan fingerprint density at radius 1 is 0.950 bits per heavy atom. The quantitative estimate of drug-likeness (QED) is 0.537. The van der Waals surface area contributed by atoms with Gasteiger partial charge in [-0.1, -0.05) is 49.7 Å². The third-order valence-electron chi connectivity index (χ3n) is 3.63. The lowest BCUT2D eigenvalue weighted by Gasteiger charge is -2.15. The summed E-state index contributed by atoms with van der Waals surface area (Å²) in [7, 11) is 0. The minimum atomic E-state index is -0.489. The molecule has 0 aliphatic rings. The molecule has 102 valence electrons. The summed E-state index contributed by atoms with van der Waals surface area (Å²) < 4.78 is 0. The number of hydrogen-bond acceptors (Lipinski definition) is 2. The second-order valence-corrected chi connectivity index (χ2v) is 5.17. The van der Waals surface area contributed by atoms with E-state index in [1.54, 1.807) is 0 Å². The summed E-state index contributed by atoms with van der Waals surface area (Å²) in [4.78, 5) is 0. The Hall–Kier alpha value is -2.06. The van der Waals surface area contributed by atoms with E-state index in [4.69, 9.17) is 0 Å². The van der Waals surface area contributed by atoms with Crippen LogP contribution in [0.5, 0.6) is 0 Å². The molecule has 0 amide bonds. The Labute approximate surface area is 119 Å². The van der Waals surface area contributed by atoms with Crippen LogP contribution >= 0.6 is 0 Å². The van der Waals surface area contributed by atoms with Crippen molar-refractivity contribution in [1.82, 2.24) is 0 Å². The first kappa shape index (κ1) is 12.9. The van der Waals surface area contributed by atoms with Gasteiger partial charge in [0.1, 0.15) is 6.23 Å². The van der Waals surface area contributed by atoms with Crippen LogP contribution in [0.4, 0.5) is 5.69 Å². The van der Waals surface area contributed by atoms with E-state index in [-0.39, 0.29) is 0 Å². The van der Waals surface area contributed by atoms with Crippen molar-refractivity contribution in [3.63, 3.8) is 0 Å². The fourth-order valence-electron chi connectivity index (χ4n) is 2.62. The average molecular weight is 265 g/mol. The van der Waals surface area contributed by atoms with E-state index in [0.717, 1.165) is 23.9 Å². The summed E-state index contributed by atoms with van der Waals surface area (Å²) in [6.07, 6.45) is 1.23. The molecule has 0 heterocycles. The van der Waals surface area contributed by atoms with Gasteiger partial charge < -0.3 is 10.4 Å². The molecule has 0 radical (unpaired) electrons. The molecular weight excluding hydrogens is 246 g/mol. The van der Waals surface area contributed by atoms with Crippen molar-refractivity contribution >= 4 is 27.2 Å². The largest absolute Gasteiger partial charge is 0.374 e. The van der Waals surface area contributed by atoms with Crippen LogP contribution in [0.2, 0.25) is 0 Å². The summed E-state index contributed by atoms with van der Waals surface area (Å²) in [5.41, 5.74) is 0.995. The van der Waals surface area contributed by atoms with Gasteiger partial charge >= 0.3 is 0 Å². The maximum Gasteiger partial charge on any atom is 0.124 e. The van der Waals surface area contributed by atoms with Gasteiger partial charge in [-0.3, -0.25) is 0 Å². The van der Waals surface area contributed by atoms with Crippen molar-refractivity contribution < 1.29 is 5.11 Å². The molecule has 3 aromatic rings. The Kier molecular flexibility index (Phi) is 3.57. The molecule has 0 aliphatic heterocycles. The number of benzene rings is 3. The van der Waals surface area contributed by atoms with Gasteiger partial charge in [-0.2, -0.15) is 0 Å². The van der Waals surface area contributed by atoms with Gasteiger partial charge in [0.25, 0.3) is 0 Å². The first-order chi connectivity index (χ1) is 9.78. The molecule has 0 bridgehead atoms. The fraction of sp³-hybridized carbons (Fsp3) is 0.222. The van der Waals surface area contributed by atoms with Gasteiger partial charge in [-0.15, -0.1) is 0 Å². The van der Waals surface area contributed by atoms with Gasteiger partial charge in [-0.05, 0) is 40.8 Å². The number of nitrogens with one attached hydrogen (secondary N) is 1. The van der Waals surface area contributed by atoms with Gasteiger partial charge in [0.05, 0.1) is 0 Å². The predicted octanol–water partition coefficient (Wildman–Crippen LogP) is 4.52. The molecule has 1 atom stereocenters. The smallest absolute Gasteiger partial charge is 0.124 e. The summed E-state index contributed by atoms with van der Waals surface area (Å²) in [6.45, 7) is 2.07. The summed E-state index contributed by atoms with van der Waals surface area (Å²) >= 11 is 0. The first-order valence-corrected chi connectivity index (χ1v) is 7.14. The molecule has 1 unspecified atom stereocenters. The molecule has 3 aromatic carbocycles. The molecule has 20 heavy (non-hydrogen) atoms. The van der Waals surface area contributed by atoms with Crippen molar-refractivity contribution in [3.8, 4) is 0 Å². The highest BCUT2D eigenvalue weighted by Crippen LogP contribution is 2.28. The monoisotopic (exact) mass is 265 g/mol. The normalized spacial score (nSPS) is 12.7. The SMILES string of the molecule is CCCC(O)Nc1cccc2cc3ccccc3cc12. The zero-order valence-electron chi connectivity index (χ0n) is 11.6. The van der Waals surface area contributed by atoms with Gasteiger partial charge in [0.2, 0.25) is 0 Å². The van der Waals surface area contributed by atoms with Crippen LogP contribution in [0.3, 0.4) is 0 Å². The summed E-state index contributed by atoms with van der Waals surface area (Å²) in [5, 5.41) is 18.0. The van der Waals surface area contributed by atoms with E-state index in [9.17, 15) is 5.11 Å². The second kappa shape index (κ2) is 5.51. The third kappa shape index (κ3) is 2.47. The second-order valence-electron chi connectivity index (χ2n) is 5.17. The van der Waals surface area contributed by atoms with Gasteiger partial charge in [0.15, 0.2) is 0 Å². The number of fused-ring (bicyclic) bond motifs is 2. The molecule has 0 aromatic heterocycles. The highest BCUT2D eigenvalue weighted by molar-refractivity contribution is 6.03. The Morgan fingerprint density at radius 2 is 1.65 bits per heavy atom. The third-order valence-corrected chi connectivity index (χ3v) is 3.63. The van der Waals surface area contributed by atoms with E-state index in [1.165, 1.54) is 16.2 Å². The zero-order valence-corrected chi connectivity index (χ0v) is 11.6. The van der Waals surface area contributed by atoms with E-state index >= 15 is 0 Å². The molecule has 2 heteroatoms. The van der Waals surface area contributed by atoms with Crippen LogP contribution in [0.15, 0.2) is 54.6 Å². The number of aliphatic hydroxyl groups excluding tert-OH is 1. The average Bonchev–Trinajstić information content (AvgIpc) is 2.46. The lowest BCUT2D eigenvalue weighted by Crippen LogP contribution is -2.18. The molecule has 0 saturated heterocycles. The van der Waals surface area contributed by atoms with Gasteiger partial charge in [0, 0.05) is 11.1 Å². The Morgan fingerprint density at radius 3 is 2.40 bits per heavy atom. The molecule has 2 N–H and O–H groups in total. The lowest BCUT2D eigenvalue weighted by atomic mass is 10.0. The standard InChI is InChI=1S/C18H19NO/c1-2-6-18(20)19-17-10-5-9-15-11-13-7-3-4-8-14(13)12-16(15)17/h3-5,7-12,18-20H,2,6H2,1H3. The van der Waals surface area contributed by atoms with Crippen LogP contribution in [0.1, 0.15) is 19.8 Å². The number of anilines is 1. The maximum absolute atomic E-state index is 9.96. The fourth-order valence-corrected chi connectivity index (χ4v) is 2.62. The summed E-state index contributed by atoms with van der Waals surface area (Å²) in [6, 6.07) is 18.9. The molecule has 0 spiro atoms. The molecule has 0 fully saturated rings. The van der Waals surface area contributed by atoms with E-state index < -0.39 is 6.23 Å². The van der Waals surface area contributed by atoms with Crippen LogP contribution in [0.25, 0.3) is 21.5 Å². The highest BCUT2D eigenvalue weighted by Gasteiger charge is 2.06. The van der Waals surface area contributed by atoms with Gasteiger partial charge in [-0.25, -0.2) is 0 Å². The van der Waals surface area contributed by atoms with E-state index in [0.29, 0.717) is 0 Å². The topological polar surface area (TPSA) is 32.3 Å². The van der Waals surface area contributed by atoms with Crippen molar-refractivity contribution in [1.29, 1.82) is 0 Å². The summed E-state index contributed by atoms with van der Waals surface area (Å²) in [5.74, 6) is 0. The lowest BCUT2D eigenvalue weighted by molar-refractivity contribution is 0.192. The molecular formula is C18H19NO. The maximum atomic E-state index is 9.96. The zero-order chi connectivity index (χ0) is 13.9. The first-order valence-electron chi connectivity index (χ1n) is 7.14. The molecule has 0 saturated carbocycles. The van der Waals surface area contributed by atoms with Crippen LogP contribution in [0, 0.1) is 0 Å². The van der Waals surface area contributed by atoms with Crippen LogP contribution in [-0.4, -0.2) is 11.3 Å². The van der Waals surface area contributed by atoms with Crippen LogP contribution < -0.4 is 5.32 Å². The van der Waals surface area contributed by atoms with Crippen molar-refractivity contribution in [2.45, 2.75) is 26.0 Å². The van der Waals surface area contributed by atoms with Crippen LogP contribution in [-0.2, 0) is 0 Å². The van der Waals surface area contributed by atoms with Crippen molar-refractivity contribution in [2.24, 2.45) is 0 Å². The number of hydrogen-bond donors (Lipinski definition) is 2. The number of aliphatic hydroxyl groups is 1. The Balaban J connectivity index is 2.10. The minimum Gasteiger partial charge on any atom is -0.374 e. The minimum absolute atomic E-state index is 0.489. The highest BCUT2D eigenvalue weighted by atomic mass is 16.3. The number of rotatable bonds is 4. The van der Waals surface area contributed by atoms with Crippen molar-refractivity contribution in [3.05, 3.63) is 54.6 Å². The van der Waals surface area contributed by atoms with Crippen molar-refractivity contribution in [2.75, 3.05) is 5.32 Å². The molecule has 0 aliphatic carbocycles.